The summed E-state index contributed by atoms with van der Waals surface area (Å²) in [5.74, 6) is -0.606. The Morgan fingerprint density at radius 2 is 1.71 bits per heavy atom. The maximum atomic E-state index is 14.1. The van der Waals surface area contributed by atoms with Crippen molar-refractivity contribution in [1.29, 1.82) is 0 Å². The molecule has 1 aromatic heterocycles. The summed E-state index contributed by atoms with van der Waals surface area (Å²) in [6.45, 7) is 1.36. The fourth-order valence-electron chi connectivity index (χ4n) is 3.44. The van der Waals surface area contributed by atoms with E-state index in [0.29, 0.717) is 16.1 Å². The van der Waals surface area contributed by atoms with Gasteiger partial charge in [-0.3, -0.25) is 0 Å². The Balaban J connectivity index is 2.12. The van der Waals surface area contributed by atoms with Crippen molar-refractivity contribution < 1.29 is 31.1 Å². The van der Waals surface area contributed by atoms with Crippen molar-refractivity contribution in [3.8, 4) is 17.0 Å². The summed E-state index contributed by atoms with van der Waals surface area (Å²) in [5.41, 5.74) is -0.00241. The lowest BCUT2D eigenvalue weighted by Crippen LogP contribution is -2.37. The molecule has 35 heavy (non-hydrogen) atoms. The van der Waals surface area contributed by atoms with Crippen LogP contribution in [0.15, 0.2) is 60.7 Å². The first kappa shape index (κ1) is 26.6. The first-order valence-electron chi connectivity index (χ1n) is 10.6. The van der Waals surface area contributed by atoms with Gasteiger partial charge in [-0.1, -0.05) is 54.1 Å². The van der Waals surface area contributed by atoms with Crippen LogP contribution in [0, 0.1) is 0 Å². The van der Waals surface area contributed by atoms with E-state index in [0.717, 1.165) is 21.8 Å². The van der Waals surface area contributed by atoms with Gasteiger partial charge in [-0.2, -0.15) is 13.2 Å². The summed E-state index contributed by atoms with van der Waals surface area (Å²) in [6.07, 6.45) is -4.65. The quantitative estimate of drug-likeness (QED) is 0.374. The summed E-state index contributed by atoms with van der Waals surface area (Å²) in [6, 6.07) is 15.5. The predicted octanol–water partition coefficient (Wildman–Crippen LogP) is 5.74. The molecule has 0 unspecified atom stereocenters. The molecule has 0 atom stereocenters. The molecule has 0 N–H and O–H groups in total. The third kappa shape index (κ3) is 7.02. The van der Waals surface area contributed by atoms with Gasteiger partial charge in [-0.05, 0) is 36.2 Å². The Kier molecular flexibility index (Phi) is 8.17. The number of benzene rings is 2. The van der Waals surface area contributed by atoms with E-state index in [1.54, 1.807) is 37.3 Å². The largest absolute Gasteiger partial charge is 0.431 e. The molecule has 2 aromatic carbocycles. The number of alkyl halides is 3. The van der Waals surface area contributed by atoms with Crippen LogP contribution in [0.1, 0.15) is 18.2 Å². The molecule has 0 aliphatic heterocycles. The van der Waals surface area contributed by atoms with Crippen molar-refractivity contribution in [2.75, 3.05) is 25.1 Å². The second-order valence-corrected chi connectivity index (χ2v) is 10.6. The van der Waals surface area contributed by atoms with Crippen molar-refractivity contribution in [3.63, 3.8) is 0 Å². The van der Waals surface area contributed by atoms with E-state index in [9.17, 15) is 26.4 Å². The van der Waals surface area contributed by atoms with E-state index in [-0.39, 0.29) is 36.8 Å². The number of sulfone groups is 1. The monoisotopic (exact) mass is 528 g/mol. The lowest BCUT2D eigenvalue weighted by atomic mass is 10.1. The third-order valence-electron chi connectivity index (χ3n) is 5.23. The average Bonchev–Trinajstić information content (AvgIpc) is 3.13. The van der Waals surface area contributed by atoms with Crippen LogP contribution in [-0.4, -0.2) is 49.1 Å². The lowest BCUT2D eigenvalue weighted by molar-refractivity contribution is -0.143. The summed E-state index contributed by atoms with van der Waals surface area (Å²) < 4.78 is 71.8. The molecule has 0 aliphatic rings. The second kappa shape index (κ2) is 10.7. The number of amides is 1. The number of hydrogen-bond acceptors (Lipinski definition) is 4. The molecule has 0 bridgehead atoms. The zero-order valence-electron chi connectivity index (χ0n) is 19.0. The molecule has 6 nitrogen and oxygen atoms in total. The standard InChI is InChI=1S/C24H24ClF3N2O4S/c1-3-29(13-14-35(2,32)33)23(31)34-22-20(18-9-11-19(25)12-10-18)15-21(24(26,27)28)30(22)16-17-7-5-4-6-8-17/h4-12,15H,3,13-14,16H2,1-2H3. The van der Waals surface area contributed by atoms with Gasteiger partial charge in [0, 0.05) is 29.9 Å². The fraction of sp³-hybridized carbons (Fsp3) is 0.292. The predicted molar refractivity (Wildman–Crippen MR) is 128 cm³/mol. The summed E-state index contributed by atoms with van der Waals surface area (Å²) >= 11 is 5.95. The van der Waals surface area contributed by atoms with Gasteiger partial charge in [-0.25, -0.2) is 13.2 Å². The van der Waals surface area contributed by atoms with E-state index in [1.807, 2.05) is 0 Å². The Hall–Kier alpha value is -2.98. The number of carbonyl (C=O) groups is 1. The number of halogens is 4. The number of hydrogen-bond donors (Lipinski definition) is 0. The fourth-order valence-corrected chi connectivity index (χ4v) is 4.12. The highest BCUT2D eigenvalue weighted by molar-refractivity contribution is 7.90. The number of nitrogens with zero attached hydrogens (tertiary/aromatic N) is 2. The molecule has 1 amide bonds. The van der Waals surface area contributed by atoms with Crippen molar-refractivity contribution >= 4 is 27.5 Å². The summed E-state index contributed by atoms with van der Waals surface area (Å²) in [7, 11) is -3.37. The number of ether oxygens (including phenoxy) is 1. The van der Waals surface area contributed by atoms with Gasteiger partial charge in [-0.15, -0.1) is 0 Å². The molecule has 11 heteroatoms. The van der Waals surface area contributed by atoms with Crippen LogP contribution < -0.4 is 4.74 Å². The van der Waals surface area contributed by atoms with Crippen LogP contribution in [-0.2, 0) is 22.6 Å². The molecule has 3 rings (SSSR count). The normalized spacial score (nSPS) is 11.9. The molecule has 0 spiro atoms. The highest BCUT2D eigenvalue weighted by Crippen LogP contribution is 2.41. The first-order chi connectivity index (χ1) is 16.4. The summed E-state index contributed by atoms with van der Waals surface area (Å²) in [5, 5.41) is 0.394. The van der Waals surface area contributed by atoms with Crippen molar-refractivity contribution in [3.05, 3.63) is 76.9 Å². The Morgan fingerprint density at radius 3 is 2.26 bits per heavy atom. The number of aromatic nitrogens is 1. The van der Waals surface area contributed by atoms with Gasteiger partial charge in [0.05, 0.1) is 12.3 Å². The number of carbonyl (C=O) groups excluding carboxylic acids is 1. The highest BCUT2D eigenvalue weighted by Gasteiger charge is 2.38. The molecule has 0 fully saturated rings. The molecule has 3 aromatic rings. The van der Waals surface area contributed by atoms with Gasteiger partial charge < -0.3 is 14.2 Å². The van der Waals surface area contributed by atoms with E-state index in [2.05, 4.69) is 0 Å². The third-order valence-corrected chi connectivity index (χ3v) is 6.41. The molecular formula is C24H24ClF3N2O4S. The van der Waals surface area contributed by atoms with Crippen LogP contribution in [0.3, 0.4) is 0 Å². The minimum absolute atomic E-state index is 0.0532. The summed E-state index contributed by atoms with van der Waals surface area (Å²) in [4.78, 5) is 14.1. The van der Waals surface area contributed by atoms with E-state index < -0.39 is 27.8 Å². The average molecular weight is 529 g/mol. The van der Waals surface area contributed by atoms with Crippen LogP contribution in [0.2, 0.25) is 5.02 Å². The first-order valence-corrected chi connectivity index (χ1v) is 13.1. The van der Waals surface area contributed by atoms with Gasteiger partial charge in [0.25, 0.3) is 0 Å². The topological polar surface area (TPSA) is 68.6 Å². The van der Waals surface area contributed by atoms with Crippen molar-refractivity contribution in [2.45, 2.75) is 19.6 Å². The van der Waals surface area contributed by atoms with E-state index in [4.69, 9.17) is 16.3 Å². The molecular weight excluding hydrogens is 505 g/mol. The molecule has 0 saturated carbocycles. The van der Waals surface area contributed by atoms with Crippen molar-refractivity contribution in [1.82, 2.24) is 9.47 Å². The minimum atomic E-state index is -4.73. The second-order valence-electron chi connectivity index (χ2n) is 7.90. The van der Waals surface area contributed by atoms with Crippen LogP contribution in [0.4, 0.5) is 18.0 Å². The van der Waals surface area contributed by atoms with Crippen LogP contribution >= 0.6 is 11.6 Å². The Bertz CT molecular complexity index is 1270. The van der Waals surface area contributed by atoms with Gasteiger partial charge in [0.2, 0.25) is 5.88 Å². The Morgan fingerprint density at radius 1 is 1.09 bits per heavy atom. The van der Waals surface area contributed by atoms with Gasteiger partial charge in [0.15, 0.2) is 0 Å². The number of rotatable bonds is 8. The smallest absolute Gasteiger partial charge is 0.392 e. The molecule has 0 saturated heterocycles. The molecule has 1 heterocycles. The van der Waals surface area contributed by atoms with E-state index >= 15 is 0 Å². The van der Waals surface area contributed by atoms with Crippen molar-refractivity contribution in [2.24, 2.45) is 0 Å². The zero-order valence-corrected chi connectivity index (χ0v) is 20.6. The van der Waals surface area contributed by atoms with Crippen LogP contribution in [0.5, 0.6) is 5.88 Å². The maximum Gasteiger partial charge on any atom is 0.431 e. The highest BCUT2D eigenvalue weighted by atomic mass is 35.5. The Labute approximate surface area is 206 Å². The minimum Gasteiger partial charge on any atom is -0.392 e. The van der Waals surface area contributed by atoms with Gasteiger partial charge in [0.1, 0.15) is 15.5 Å². The lowest BCUT2D eigenvalue weighted by Gasteiger charge is -2.22. The zero-order chi connectivity index (χ0) is 25.8. The van der Waals surface area contributed by atoms with E-state index in [1.165, 1.54) is 24.3 Å². The molecule has 0 aliphatic carbocycles. The van der Waals surface area contributed by atoms with Gasteiger partial charge >= 0.3 is 12.3 Å². The molecule has 188 valence electrons. The molecule has 0 radical (unpaired) electrons. The maximum absolute atomic E-state index is 14.1. The SMILES string of the molecule is CCN(CCS(C)(=O)=O)C(=O)Oc1c(-c2ccc(Cl)cc2)cc(C(F)(F)F)n1Cc1ccccc1. The van der Waals surface area contributed by atoms with Crippen LogP contribution in [0.25, 0.3) is 11.1 Å².